The number of hydrogen-bond donors (Lipinski definition) is 1. The third-order valence-electron chi connectivity index (χ3n) is 2.63. The minimum absolute atomic E-state index is 0.278. The number of aromatic amines is 1. The summed E-state index contributed by atoms with van der Waals surface area (Å²) in [6.45, 7) is 0.795. The van der Waals surface area contributed by atoms with Crippen LogP contribution in [0.1, 0.15) is 0 Å². The van der Waals surface area contributed by atoms with E-state index in [1.165, 1.54) is 19.2 Å². The van der Waals surface area contributed by atoms with E-state index in [2.05, 4.69) is 10.2 Å². The van der Waals surface area contributed by atoms with Crippen LogP contribution in [0.3, 0.4) is 0 Å². The molecule has 0 bridgehead atoms. The van der Waals surface area contributed by atoms with Crippen molar-refractivity contribution < 1.29 is 14.1 Å². The average Bonchev–Trinajstić information content (AvgIpc) is 2.77. The summed E-state index contributed by atoms with van der Waals surface area (Å²) < 4.78 is 20.3. The molecule has 0 aliphatic rings. The van der Waals surface area contributed by atoms with Crippen LogP contribution in [0.25, 0.3) is 11.4 Å². The van der Waals surface area contributed by atoms with Crippen molar-refractivity contribution in [3.05, 3.63) is 38.9 Å². The van der Waals surface area contributed by atoms with Crippen LogP contribution in [0.4, 0.5) is 10.1 Å². The molecule has 0 fully saturated rings. The summed E-state index contributed by atoms with van der Waals surface area (Å²) in [6.07, 6.45) is 0. The van der Waals surface area contributed by atoms with Gasteiger partial charge in [-0.2, -0.15) is 5.10 Å². The Hall–Kier alpha value is -2.13. The molecule has 1 aromatic heterocycles. The van der Waals surface area contributed by atoms with Crippen LogP contribution in [0, 0.1) is 20.7 Å². The molecule has 0 saturated heterocycles. The number of nitro benzene ring substituents is 1. The number of nitrogens with zero attached hydrogens (tertiary/aromatic N) is 3. The molecule has 0 unspecified atom stereocenters. The van der Waals surface area contributed by atoms with Gasteiger partial charge in [0.15, 0.2) is 10.6 Å². The second kappa shape index (κ2) is 5.88. The molecule has 1 N–H and O–H groups in total. The number of hydrogen-bond acceptors (Lipinski definition) is 5. The number of nitro groups is 1. The molecule has 0 aliphatic carbocycles. The van der Waals surface area contributed by atoms with Gasteiger partial charge in [0.25, 0.3) is 5.69 Å². The minimum atomic E-state index is -0.707. The number of methoxy groups -OCH3 is 1. The number of aromatic nitrogens is 3. The van der Waals surface area contributed by atoms with Gasteiger partial charge in [-0.15, -0.1) is 0 Å². The fourth-order valence-corrected chi connectivity index (χ4v) is 1.96. The first-order valence-electron chi connectivity index (χ1n) is 5.62. The van der Waals surface area contributed by atoms with Crippen molar-refractivity contribution in [2.75, 3.05) is 13.7 Å². The van der Waals surface area contributed by atoms with Crippen LogP contribution in [0.15, 0.2) is 18.2 Å². The summed E-state index contributed by atoms with van der Waals surface area (Å²) in [5.41, 5.74) is -0.0626. The molecule has 20 heavy (non-hydrogen) atoms. The van der Waals surface area contributed by atoms with Crippen molar-refractivity contribution in [3.8, 4) is 11.4 Å². The highest BCUT2D eigenvalue weighted by Gasteiger charge is 2.15. The fraction of sp³-hybridized carbons (Fsp3) is 0.273. The van der Waals surface area contributed by atoms with Crippen LogP contribution in [-0.2, 0) is 11.3 Å². The molecule has 0 atom stereocenters. The monoisotopic (exact) mass is 298 g/mol. The van der Waals surface area contributed by atoms with Gasteiger partial charge >= 0.3 is 0 Å². The highest BCUT2D eigenvalue weighted by Crippen LogP contribution is 2.24. The van der Waals surface area contributed by atoms with Crippen molar-refractivity contribution >= 4 is 17.9 Å². The van der Waals surface area contributed by atoms with E-state index >= 15 is 0 Å². The molecular formula is C11H11FN4O3S. The summed E-state index contributed by atoms with van der Waals surface area (Å²) in [6, 6.07) is 3.27. The highest BCUT2D eigenvalue weighted by molar-refractivity contribution is 7.71. The summed E-state index contributed by atoms with van der Waals surface area (Å²) in [7, 11) is 1.54. The van der Waals surface area contributed by atoms with Gasteiger partial charge in [0, 0.05) is 18.7 Å². The van der Waals surface area contributed by atoms with E-state index in [4.69, 9.17) is 17.0 Å². The van der Waals surface area contributed by atoms with Gasteiger partial charge in [0.2, 0.25) is 0 Å². The highest BCUT2D eigenvalue weighted by atomic mass is 32.1. The van der Waals surface area contributed by atoms with Crippen molar-refractivity contribution in [2.24, 2.45) is 0 Å². The van der Waals surface area contributed by atoms with E-state index in [0.29, 0.717) is 23.7 Å². The van der Waals surface area contributed by atoms with E-state index in [1.54, 1.807) is 4.57 Å². The third-order valence-corrected chi connectivity index (χ3v) is 2.94. The lowest BCUT2D eigenvalue weighted by Gasteiger charge is -2.06. The molecule has 0 saturated carbocycles. The molecule has 2 aromatic rings. The Labute approximate surface area is 118 Å². The number of nitrogens with one attached hydrogen (secondary N) is 1. The number of benzene rings is 1. The summed E-state index contributed by atoms with van der Waals surface area (Å²) in [5.74, 6) is -0.379. The summed E-state index contributed by atoms with van der Waals surface area (Å²) in [4.78, 5) is 10.1. The van der Waals surface area contributed by atoms with Crippen LogP contribution < -0.4 is 0 Å². The molecule has 0 radical (unpaired) electrons. The molecule has 0 amide bonds. The van der Waals surface area contributed by atoms with E-state index in [1.807, 2.05) is 0 Å². The van der Waals surface area contributed by atoms with Crippen molar-refractivity contribution in [1.29, 1.82) is 0 Å². The first-order valence-corrected chi connectivity index (χ1v) is 6.03. The molecule has 0 aliphatic heterocycles. The Morgan fingerprint density at radius 1 is 1.55 bits per heavy atom. The van der Waals surface area contributed by atoms with Gasteiger partial charge in [-0.3, -0.25) is 19.8 Å². The van der Waals surface area contributed by atoms with Crippen LogP contribution in [0.5, 0.6) is 0 Å². The smallest absolute Gasteiger partial charge is 0.273 e. The van der Waals surface area contributed by atoms with Gasteiger partial charge in [-0.1, -0.05) is 0 Å². The van der Waals surface area contributed by atoms with Gasteiger partial charge in [0.1, 0.15) is 5.82 Å². The van der Waals surface area contributed by atoms with Crippen molar-refractivity contribution in [3.63, 3.8) is 0 Å². The van der Waals surface area contributed by atoms with Crippen LogP contribution in [-0.4, -0.2) is 33.4 Å². The topological polar surface area (TPSA) is 86.0 Å². The number of H-pyrrole nitrogens is 1. The van der Waals surface area contributed by atoms with Gasteiger partial charge in [0.05, 0.1) is 24.1 Å². The summed E-state index contributed by atoms with van der Waals surface area (Å²) in [5, 5.41) is 17.3. The largest absolute Gasteiger partial charge is 0.383 e. The third kappa shape index (κ3) is 2.89. The lowest BCUT2D eigenvalue weighted by atomic mass is 10.2. The lowest BCUT2D eigenvalue weighted by molar-refractivity contribution is -0.385. The fourth-order valence-electron chi connectivity index (χ4n) is 1.74. The SMILES string of the molecule is COCCn1c(-c2cc(F)cc([N+](=O)[O-])c2)n[nH]c1=S. The maximum Gasteiger partial charge on any atom is 0.273 e. The predicted octanol–water partition coefficient (Wildman–Crippen LogP) is 2.30. The Bertz CT molecular complexity index is 697. The first-order chi connectivity index (χ1) is 9.52. The Balaban J connectivity index is 2.51. The number of ether oxygens (including phenoxy) is 1. The second-order valence-corrected chi connectivity index (χ2v) is 4.34. The zero-order chi connectivity index (χ0) is 14.7. The van der Waals surface area contributed by atoms with Gasteiger partial charge < -0.3 is 4.74 Å². The van der Waals surface area contributed by atoms with E-state index < -0.39 is 10.7 Å². The Kier molecular flexibility index (Phi) is 4.20. The van der Waals surface area contributed by atoms with Crippen LogP contribution in [0.2, 0.25) is 0 Å². The quantitative estimate of drug-likeness (QED) is 0.520. The molecule has 1 aromatic carbocycles. The molecule has 1 heterocycles. The first kappa shape index (κ1) is 14.3. The molecule has 0 spiro atoms. The zero-order valence-corrected chi connectivity index (χ0v) is 11.3. The standard InChI is InChI=1S/C11H11FN4O3S/c1-19-3-2-15-10(13-14-11(15)20)7-4-8(12)6-9(5-7)16(17)18/h4-6H,2-3H2,1H3,(H,14,20). The van der Waals surface area contributed by atoms with E-state index in [-0.39, 0.29) is 11.3 Å². The predicted molar refractivity (Wildman–Crippen MR) is 71.3 cm³/mol. The van der Waals surface area contributed by atoms with Crippen molar-refractivity contribution in [1.82, 2.24) is 14.8 Å². The minimum Gasteiger partial charge on any atom is -0.383 e. The Morgan fingerprint density at radius 2 is 2.30 bits per heavy atom. The maximum absolute atomic E-state index is 13.5. The van der Waals surface area contributed by atoms with Gasteiger partial charge in [-0.05, 0) is 18.3 Å². The average molecular weight is 298 g/mol. The molecule has 106 valence electrons. The zero-order valence-electron chi connectivity index (χ0n) is 10.5. The normalized spacial score (nSPS) is 10.7. The molecule has 9 heteroatoms. The summed E-state index contributed by atoms with van der Waals surface area (Å²) >= 11 is 5.07. The molecular weight excluding hydrogens is 287 g/mol. The Morgan fingerprint density at radius 3 is 2.95 bits per heavy atom. The second-order valence-electron chi connectivity index (χ2n) is 3.95. The van der Waals surface area contributed by atoms with E-state index in [0.717, 1.165) is 6.07 Å². The number of rotatable bonds is 5. The maximum atomic E-state index is 13.5. The molecule has 2 rings (SSSR count). The lowest BCUT2D eigenvalue weighted by Crippen LogP contribution is -2.06. The van der Waals surface area contributed by atoms with Gasteiger partial charge in [-0.25, -0.2) is 4.39 Å². The number of non-ortho nitro benzene ring substituents is 1. The van der Waals surface area contributed by atoms with Crippen molar-refractivity contribution in [2.45, 2.75) is 6.54 Å². The van der Waals surface area contributed by atoms with E-state index in [9.17, 15) is 14.5 Å². The molecule has 7 nitrogen and oxygen atoms in total. The number of halogens is 1. The van der Waals surface area contributed by atoms with Crippen LogP contribution >= 0.6 is 12.2 Å².